The molecule has 1 aromatic carbocycles. The number of nitrogens with zero attached hydrogens (tertiary/aromatic N) is 7. The first-order valence-electron chi connectivity index (χ1n) is 11.4. The van der Waals surface area contributed by atoms with Crippen molar-refractivity contribution < 1.29 is 4.79 Å². The number of rotatable bonds is 6. The van der Waals surface area contributed by atoms with Crippen LogP contribution >= 0.6 is 22.9 Å². The summed E-state index contributed by atoms with van der Waals surface area (Å²) < 4.78 is 0. The van der Waals surface area contributed by atoms with E-state index in [1.54, 1.807) is 12.3 Å². The van der Waals surface area contributed by atoms with Crippen LogP contribution in [-0.4, -0.2) is 57.0 Å². The molecule has 0 bridgehead atoms. The lowest BCUT2D eigenvalue weighted by Crippen LogP contribution is -2.47. The van der Waals surface area contributed by atoms with Crippen molar-refractivity contribution in [1.29, 1.82) is 0 Å². The minimum absolute atomic E-state index is 0.282. The Morgan fingerprint density at radius 3 is 2.53 bits per heavy atom. The molecule has 1 aliphatic heterocycles. The molecule has 3 aromatic heterocycles. The number of halogens is 1. The van der Waals surface area contributed by atoms with Crippen LogP contribution in [0.25, 0.3) is 0 Å². The van der Waals surface area contributed by atoms with Crippen LogP contribution in [0.3, 0.4) is 0 Å². The predicted molar refractivity (Wildman–Crippen MR) is 143 cm³/mol. The molecule has 1 fully saturated rings. The quantitative estimate of drug-likeness (QED) is 0.383. The second kappa shape index (κ2) is 10.4. The summed E-state index contributed by atoms with van der Waals surface area (Å²) in [6.45, 7) is 6.89. The van der Waals surface area contributed by atoms with Crippen LogP contribution in [0, 0.1) is 13.8 Å². The molecule has 36 heavy (non-hydrogen) atoms. The first-order chi connectivity index (χ1) is 17.5. The van der Waals surface area contributed by atoms with Crippen LogP contribution in [-0.2, 0) is 0 Å². The third kappa shape index (κ3) is 5.37. The molecule has 0 radical (unpaired) electrons. The fourth-order valence-electron chi connectivity index (χ4n) is 3.84. The number of benzene rings is 1. The second-order valence-corrected chi connectivity index (χ2v) is 9.65. The number of piperazine rings is 1. The van der Waals surface area contributed by atoms with E-state index >= 15 is 0 Å². The molecule has 10 nitrogen and oxygen atoms in total. The van der Waals surface area contributed by atoms with Gasteiger partial charge in [-0.1, -0.05) is 41.1 Å². The van der Waals surface area contributed by atoms with Crippen molar-refractivity contribution in [3.63, 3.8) is 0 Å². The van der Waals surface area contributed by atoms with Crippen molar-refractivity contribution in [3.8, 4) is 0 Å². The molecule has 0 saturated carbocycles. The summed E-state index contributed by atoms with van der Waals surface area (Å²) in [4.78, 5) is 39.8. The minimum Gasteiger partial charge on any atom is -0.353 e. The Labute approximate surface area is 217 Å². The summed E-state index contributed by atoms with van der Waals surface area (Å²) in [6.07, 6.45) is 3.32. The Hall–Kier alpha value is -3.83. The third-order valence-corrected chi connectivity index (χ3v) is 6.91. The Bertz CT molecular complexity index is 1350. The van der Waals surface area contributed by atoms with Gasteiger partial charge in [0.15, 0.2) is 5.13 Å². The topological polar surface area (TPSA) is 112 Å². The van der Waals surface area contributed by atoms with Gasteiger partial charge < -0.3 is 15.1 Å². The lowest BCUT2D eigenvalue weighted by Gasteiger charge is -2.35. The number of hydrogen-bond donors (Lipinski definition) is 2. The summed E-state index contributed by atoms with van der Waals surface area (Å²) in [6, 6.07) is 11.4. The fourth-order valence-corrected chi connectivity index (χ4v) is 4.81. The molecule has 5 rings (SSSR count). The van der Waals surface area contributed by atoms with Gasteiger partial charge in [-0.15, -0.1) is 0 Å². The molecule has 0 atom stereocenters. The SMILES string of the molecule is Cc1nc(Nc2ncc(C(=O)Nc3c(C)cccc3Cl)s2)nc(N2CCN(c3ccccn3)CC2)n1. The van der Waals surface area contributed by atoms with E-state index in [1.807, 2.05) is 44.2 Å². The van der Waals surface area contributed by atoms with Gasteiger partial charge in [0, 0.05) is 32.4 Å². The third-order valence-electron chi connectivity index (χ3n) is 5.68. The van der Waals surface area contributed by atoms with Crippen molar-refractivity contribution in [2.45, 2.75) is 13.8 Å². The Balaban J connectivity index is 1.25. The van der Waals surface area contributed by atoms with Gasteiger partial charge >= 0.3 is 0 Å². The van der Waals surface area contributed by atoms with Gasteiger partial charge in [-0.25, -0.2) is 9.97 Å². The molecule has 0 spiro atoms. The zero-order chi connectivity index (χ0) is 25.1. The highest BCUT2D eigenvalue weighted by molar-refractivity contribution is 7.17. The van der Waals surface area contributed by atoms with E-state index in [0.717, 1.165) is 37.6 Å². The number of aromatic nitrogens is 5. The van der Waals surface area contributed by atoms with Crippen LogP contribution in [0.4, 0.5) is 28.5 Å². The van der Waals surface area contributed by atoms with Crippen LogP contribution in [0.1, 0.15) is 21.1 Å². The molecule has 4 heterocycles. The van der Waals surface area contributed by atoms with Gasteiger partial charge in [-0.05, 0) is 37.6 Å². The molecule has 0 unspecified atom stereocenters. The van der Waals surface area contributed by atoms with E-state index in [4.69, 9.17) is 11.6 Å². The van der Waals surface area contributed by atoms with E-state index in [-0.39, 0.29) is 5.91 Å². The van der Waals surface area contributed by atoms with Gasteiger partial charge in [0.2, 0.25) is 11.9 Å². The molecule has 1 saturated heterocycles. The van der Waals surface area contributed by atoms with E-state index in [0.29, 0.717) is 38.4 Å². The lowest BCUT2D eigenvalue weighted by atomic mass is 10.2. The molecule has 1 aliphatic rings. The molecule has 4 aromatic rings. The minimum atomic E-state index is -0.282. The van der Waals surface area contributed by atoms with Gasteiger partial charge in [0.25, 0.3) is 5.91 Å². The van der Waals surface area contributed by atoms with Crippen molar-refractivity contribution in [3.05, 3.63) is 70.1 Å². The highest BCUT2D eigenvalue weighted by Crippen LogP contribution is 2.28. The van der Waals surface area contributed by atoms with E-state index in [9.17, 15) is 4.79 Å². The van der Waals surface area contributed by atoms with Crippen LogP contribution < -0.4 is 20.4 Å². The summed E-state index contributed by atoms with van der Waals surface area (Å²) in [5.41, 5.74) is 1.47. The molecule has 184 valence electrons. The number of carbonyl (C=O) groups is 1. The number of hydrogen-bond acceptors (Lipinski definition) is 10. The zero-order valence-corrected chi connectivity index (χ0v) is 21.3. The van der Waals surface area contributed by atoms with Gasteiger partial charge in [-0.3, -0.25) is 10.1 Å². The molecular formula is C24H24ClN9OS. The monoisotopic (exact) mass is 521 g/mol. The highest BCUT2D eigenvalue weighted by Gasteiger charge is 2.21. The summed E-state index contributed by atoms with van der Waals surface area (Å²) in [5, 5.41) is 6.97. The number of carbonyl (C=O) groups excluding carboxylic acids is 1. The zero-order valence-electron chi connectivity index (χ0n) is 19.8. The smallest absolute Gasteiger partial charge is 0.267 e. The van der Waals surface area contributed by atoms with Gasteiger partial charge in [-0.2, -0.15) is 15.0 Å². The Morgan fingerprint density at radius 1 is 0.972 bits per heavy atom. The normalized spacial score (nSPS) is 13.5. The van der Waals surface area contributed by atoms with Crippen molar-refractivity contribution in [2.24, 2.45) is 0 Å². The lowest BCUT2D eigenvalue weighted by molar-refractivity contribution is 0.103. The number of anilines is 5. The maximum atomic E-state index is 12.7. The largest absolute Gasteiger partial charge is 0.353 e. The van der Waals surface area contributed by atoms with Crippen molar-refractivity contribution in [2.75, 3.05) is 46.6 Å². The highest BCUT2D eigenvalue weighted by atomic mass is 35.5. The first-order valence-corrected chi connectivity index (χ1v) is 12.6. The van der Waals surface area contributed by atoms with Crippen LogP contribution in [0.5, 0.6) is 0 Å². The number of nitrogens with one attached hydrogen (secondary N) is 2. The average molecular weight is 522 g/mol. The molecule has 12 heteroatoms. The van der Waals surface area contributed by atoms with Gasteiger partial charge in [0.05, 0.1) is 16.9 Å². The molecule has 2 N–H and O–H groups in total. The number of para-hydroxylation sites is 1. The number of aryl methyl sites for hydroxylation is 2. The number of pyridine rings is 1. The molecular weight excluding hydrogens is 498 g/mol. The number of amides is 1. The summed E-state index contributed by atoms with van der Waals surface area (Å²) in [5.74, 6) is 2.27. The van der Waals surface area contributed by atoms with Crippen LogP contribution in [0.15, 0.2) is 48.8 Å². The van der Waals surface area contributed by atoms with E-state index in [1.165, 1.54) is 17.5 Å². The van der Waals surface area contributed by atoms with Gasteiger partial charge in [0.1, 0.15) is 16.5 Å². The van der Waals surface area contributed by atoms with E-state index in [2.05, 4.69) is 45.4 Å². The fraction of sp³-hybridized carbons (Fsp3) is 0.250. The van der Waals surface area contributed by atoms with Crippen molar-refractivity contribution >= 4 is 57.4 Å². The summed E-state index contributed by atoms with van der Waals surface area (Å²) >= 11 is 7.44. The number of thiazole rings is 1. The first kappa shape index (κ1) is 23.9. The Kier molecular flexibility index (Phi) is 6.92. The second-order valence-electron chi connectivity index (χ2n) is 8.21. The van der Waals surface area contributed by atoms with Crippen LogP contribution in [0.2, 0.25) is 5.02 Å². The predicted octanol–water partition coefficient (Wildman–Crippen LogP) is 4.32. The Morgan fingerprint density at radius 2 is 1.78 bits per heavy atom. The molecule has 0 aliphatic carbocycles. The maximum absolute atomic E-state index is 12.7. The van der Waals surface area contributed by atoms with Crippen molar-refractivity contribution in [1.82, 2.24) is 24.9 Å². The standard InChI is InChI=1S/C24H24ClN9OS/c1-15-6-5-7-17(25)20(15)30-21(35)18-14-27-24(36-18)32-22-28-16(2)29-23(31-22)34-12-10-33(11-13-34)19-8-3-4-9-26-19/h3-9,14H,10-13H2,1-2H3,(H,30,35)(H,27,28,29,31,32). The molecule has 1 amide bonds. The summed E-state index contributed by atoms with van der Waals surface area (Å²) in [7, 11) is 0. The average Bonchev–Trinajstić information content (AvgIpc) is 3.35. The van der Waals surface area contributed by atoms with E-state index < -0.39 is 0 Å². The maximum Gasteiger partial charge on any atom is 0.267 e.